The van der Waals surface area contributed by atoms with E-state index in [1.165, 1.54) is 12.1 Å². The van der Waals surface area contributed by atoms with Gasteiger partial charge in [-0.3, -0.25) is 4.79 Å². The Kier molecular flexibility index (Phi) is 5.31. The maximum atomic E-state index is 12.9. The van der Waals surface area contributed by atoms with Crippen LogP contribution in [0.2, 0.25) is 0 Å². The minimum absolute atomic E-state index is 0.189. The highest BCUT2D eigenvalue weighted by atomic mass is 19.1. The van der Waals surface area contributed by atoms with Crippen LogP contribution in [-0.4, -0.2) is 43.1 Å². The lowest BCUT2D eigenvalue weighted by Crippen LogP contribution is -2.31. The molecule has 134 valence electrons. The van der Waals surface area contributed by atoms with Crippen molar-refractivity contribution in [3.8, 4) is 11.5 Å². The molecule has 1 amide bonds. The fourth-order valence-corrected chi connectivity index (χ4v) is 2.48. The molecule has 0 aliphatic carbocycles. The quantitative estimate of drug-likeness (QED) is 0.679. The largest absolute Gasteiger partial charge is 0.497 e. The second-order valence-electron chi connectivity index (χ2n) is 5.78. The number of ether oxygens (including phenoxy) is 2. The van der Waals surface area contributed by atoms with Gasteiger partial charge in [0.15, 0.2) is 0 Å². The molecule has 5 nitrogen and oxygen atoms in total. The van der Waals surface area contributed by atoms with E-state index >= 15 is 0 Å². The third-order valence-electron chi connectivity index (χ3n) is 3.97. The van der Waals surface area contributed by atoms with E-state index in [0.717, 1.165) is 16.7 Å². The summed E-state index contributed by atoms with van der Waals surface area (Å²) in [5.74, 6) is 0.800. The topological polar surface area (TPSA) is 51.7 Å². The second kappa shape index (κ2) is 7.82. The molecule has 0 saturated carbocycles. The normalized spacial score (nSPS) is 10.6. The maximum Gasteiger partial charge on any atom is 0.272 e. The first-order valence-electron chi connectivity index (χ1n) is 8.15. The van der Waals surface area contributed by atoms with Crippen molar-refractivity contribution in [1.29, 1.82) is 0 Å². The number of fused-ring (bicyclic) bond motifs is 1. The summed E-state index contributed by atoms with van der Waals surface area (Å²) < 4.78 is 23.6. The molecule has 2 aromatic carbocycles. The molecule has 1 aromatic heterocycles. The Hall–Kier alpha value is -3.15. The van der Waals surface area contributed by atoms with Gasteiger partial charge in [0.2, 0.25) is 0 Å². The predicted octanol–water partition coefficient (Wildman–Crippen LogP) is 3.53. The van der Waals surface area contributed by atoms with Gasteiger partial charge in [0, 0.05) is 12.4 Å². The number of hydrogen-bond acceptors (Lipinski definition) is 4. The number of carbonyl (C=O) groups is 1. The van der Waals surface area contributed by atoms with E-state index in [9.17, 15) is 9.18 Å². The zero-order valence-electron chi connectivity index (χ0n) is 14.6. The number of rotatable bonds is 6. The van der Waals surface area contributed by atoms with Crippen molar-refractivity contribution in [3.05, 3.63) is 66.1 Å². The molecule has 0 unspecified atom stereocenters. The highest BCUT2D eigenvalue weighted by Gasteiger charge is 2.14. The first kappa shape index (κ1) is 17.7. The number of likely N-dealkylation sites (N-methyl/N-ethyl adjacent to an activating group) is 1. The lowest BCUT2D eigenvalue weighted by Gasteiger charge is -2.17. The Morgan fingerprint density at radius 2 is 1.81 bits per heavy atom. The van der Waals surface area contributed by atoms with Crippen molar-refractivity contribution in [1.82, 2.24) is 9.88 Å². The Labute approximate surface area is 151 Å². The highest BCUT2D eigenvalue weighted by Crippen LogP contribution is 2.20. The average Bonchev–Trinajstić information content (AvgIpc) is 2.68. The fraction of sp³-hybridized carbons (Fsp3) is 0.200. The number of hydrogen-bond donors (Lipinski definition) is 0. The number of carbonyl (C=O) groups excluding carboxylic acids is 1. The predicted molar refractivity (Wildman–Crippen MR) is 97.2 cm³/mol. The molecule has 0 fully saturated rings. The van der Waals surface area contributed by atoms with Crippen molar-refractivity contribution in [2.75, 3.05) is 27.3 Å². The summed E-state index contributed by atoms with van der Waals surface area (Å²) in [6, 6.07) is 14.8. The monoisotopic (exact) mass is 354 g/mol. The minimum atomic E-state index is -0.315. The molecule has 0 saturated heterocycles. The van der Waals surface area contributed by atoms with E-state index in [0.29, 0.717) is 24.6 Å². The molecule has 3 aromatic rings. The molecule has 0 bridgehead atoms. The maximum absolute atomic E-state index is 12.9. The summed E-state index contributed by atoms with van der Waals surface area (Å²) in [6.45, 7) is 0.692. The van der Waals surface area contributed by atoms with Crippen LogP contribution in [-0.2, 0) is 0 Å². The number of nitrogens with zero attached hydrogens (tertiary/aromatic N) is 2. The standard InChI is InChI=1S/C20H19FN2O3/c1-23(11-12-26-16-6-4-15(21)5-7-16)20(24)19-9-3-14-13-17(25-2)8-10-18(14)22-19/h3-10,13H,11-12H2,1-2H3. The number of halogens is 1. The summed E-state index contributed by atoms with van der Waals surface area (Å²) in [4.78, 5) is 18.5. The summed E-state index contributed by atoms with van der Waals surface area (Å²) >= 11 is 0. The lowest BCUT2D eigenvalue weighted by molar-refractivity contribution is 0.0768. The van der Waals surface area contributed by atoms with E-state index in [2.05, 4.69) is 4.98 Å². The molecule has 0 aliphatic heterocycles. The van der Waals surface area contributed by atoms with Crippen LogP contribution in [0.4, 0.5) is 4.39 Å². The number of pyridine rings is 1. The summed E-state index contributed by atoms with van der Waals surface area (Å²) in [5.41, 5.74) is 1.10. The highest BCUT2D eigenvalue weighted by molar-refractivity contribution is 5.94. The van der Waals surface area contributed by atoms with Gasteiger partial charge in [-0.25, -0.2) is 9.37 Å². The van der Waals surface area contributed by atoms with Gasteiger partial charge in [-0.2, -0.15) is 0 Å². The van der Waals surface area contributed by atoms with E-state index in [1.807, 2.05) is 24.3 Å². The molecule has 6 heteroatoms. The summed E-state index contributed by atoms with van der Waals surface area (Å²) in [6.07, 6.45) is 0. The molecular weight excluding hydrogens is 335 g/mol. The fourth-order valence-electron chi connectivity index (χ4n) is 2.48. The first-order valence-corrected chi connectivity index (χ1v) is 8.15. The third-order valence-corrected chi connectivity index (χ3v) is 3.97. The van der Waals surface area contributed by atoms with Gasteiger partial charge in [-0.05, 0) is 48.5 Å². The van der Waals surface area contributed by atoms with Crippen LogP contribution in [0.15, 0.2) is 54.6 Å². The molecule has 0 radical (unpaired) electrons. The van der Waals surface area contributed by atoms with Crippen LogP contribution in [0, 0.1) is 5.82 Å². The van der Waals surface area contributed by atoms with Gasteiger partial charge < -0.3 is 14.4 Å². The number of aromatic nitrogens is 1. The number of methoxy groups -OCH3 is 1. The zero-order chi connectivity index (χ0) is 18.5. The Balaban J connectivity index is 1.62. The minimum Gasteiger partial charge on any atom is -0.497 e. The Bertz CT molecular complexity index is 913. The average molecular weight is 354 g/mol. The van der Waals surface area contributed by atoms with Crippen molar-refractivity contribution in [3.63, 3.8) is 0 Å². The van der Waals surface area contributed by atoms with Gasteiger partial charge in [-0.15, -0.1) is 0 Å². The van der Waals surface area contributed by atoms with Crippen molar-refractivity contribution < 1.29 is 18.7 Å². The zero-order valence-corrected chi connectivity index (χ0v) is 14.6. The van der Waals surface area contributed by atoms with E-state index in [4.69, 9.17) is 9.47 Å². The Morgan fingerprint density at radius 3 is 2.54 bits per heavy atom. The van der Waals surface area contributed by atoms with E-state index in [1.54, 1.807) is 37.3 Å². The van der Waals surface area contributed by atoms with Crippen LogP contribution in [0.5, 0.6) is 11.5 Å². The molecule has 0 aliphatic rings. The molecule has 1 heterocycles. The lowest BCUT2D eigenvalue weighted by atomic mass is 10.2. The molecule has 3 rings (SSSR count). The third kappa shape index (κ3) is 4.08. The van der Waals surface area contributed by atoms with Crippen LogP contribution in [0.3, 0.4) is 0 Å². The van der Waals surface area contributed by atoms with Crippen LogP contribution >= 0.6 is 0 Å². The van der Waals surface area contributed by atoms with Gasteiger partial charge in [0.1, 0.15) is 29.6 Å². The second-order valence-corrected chi connectivity index (χ2v) is 5.78. The Morgan fingerprint density at radius 1 is 1.08 bits per heavy atom. The summed E-state index contributed by atoms with van der Waals surface area (Å²) in [7, 11) is 3.30. The van der Waals surface area contributed by atoms with Crippen molar-refractivity contribution in [2.45, 2.75) is 0 Å². The number of amides is 1. The van der Waals surface area contributed by atoms with Gasteiger partial charge in [0.25, 0.3) is 5.91 Å². The smallest absolute Gasteiger partial charge is 0.272 e. The van der Waals surface area contributed by atoms with Crippen molar-refractivity contribution >= 4 is 16.8 Å². The molecule has 0 atom stereocenters. The van der Waals surface area contributed by atoms with E-state index in [-0.39, 0.29) is 11.7 Å². The molecule has 26 heavy (non-hydrogen) atoms. The molecule has 0 N–H and O–H groups in total. The SMILES string of the molecule is COc1ccc2nc(C(=O)N(C)CCOc3ccc(F)cc3)ccc2c1. The summed E-state index contributed by atoms with van der Waals surface area (Å²) in [5, 5.41) is 0.906. The number of benzene rings is 2. The van der Waals surface area contributed by atoms with Crippen LogP contribution in [0.25, 0.3) is 10.9 Å². The van der Waals surface area contributed by atoms with Gasteiger partial charge in [0.05, 0.1) is 19.2 Å². The first-order chi connectivity index (χ1) is 12.6. The van der Waals surface area contributed by atoms with Crippen molar-refractivity contribution in [2.24, 2.45) is 0 Å². The van der Waals surface area contributed by atoms with E-state index < -0.39 is 0 Å². The van der Waals surface area contributed by atoms with Gasteiger partial charge >= 0.3 is 0 Å². The molecule has 0 spiro atoms. The van der Waals surface area contributed by atoms with Crippen LogP contribution < -0.4 is 9.47 Å². The van der Waals surface area contributed by atoms with Gasteiger partial charge in [-0.1, -0.05) is 6.07 Å². The molecular formula is C20H19FN2O3. The van der Waals surface area contributed by atoms with Crippen LogP contribution in [0.1, 0.15) is 10.5 Å².